The minimum absolute atomic E-state index is 0.0790. The molecule has 1 fully saturated rings. The average Bonchev–Trinajstić information content (AvgIpc) is 3.08. The summed E-state index contributed by atoms with van der Waals surface area (Å²) in [5.41, 5.74) is -1.08. The van der Waals surface area contributed by atoms with Gasteiger partial charge in [-0.2, -0.15) is 0 Å². The van der Waals surface area contributed by atoms with Gasteiger partial charge in [-0.3, -0.25) is 29.6 Å². The Labute approximate surface area is 267 Å². The summed E-state index contributed by atoms with van der Waals surface area (Å²) in [5, 5.41) is 11.3. The molecule has 47 heavy (non-hydrogen) atoms. The Balaban J connectivity index is 1.18. The maximum Gasteiger partial charge on any atom is 0.335 e. The van der Waals surface area contributed by atoms with Crippen molar-refractivity contribution in [3.63, 3.8) is 0 Å². The van der Waals surface area contributed by atoms with Gasteiger partial charge in [-0.1, -0.05) is 0 Å². The lowest BCUT2D eigenvalue weighted by Gasteiger charge is -2.26. The van der Waals surface area contributed by atoms with Crippen LogP contribution in [0.1, 0.15) is 12.0 Å². The van der Waals surface area contributed by atoms with Crippen molar-refractivity contribution in [2.24, 2.45) is 4.99 Å². The molecular weight excluding hydrogens is 611 g/mol. The lowest BCUT2D eigenvalue weighted by molar-refractivity contribution is 0.0357. The molecule has 2 N–H and O–H groups in total. The zero-order valence-electron chi connectivity index (χ0n) is 25.4. The van der Waals surface area contributed by atoms with E-state index in [1.165, 1.54) is 30.6 Å². The number of hydrogen-bond acceptors (Lipinski definition) is 11. The quantitative estimate of drug-likeness (QED) is 0.160. The van der Waals surface area contributed by atoms with Gasteiger partial charge in [0.2, 0.25) is 5.88 Å². The molecule has 242 valence electrons. The molecule has 0 bridgehead atoms. The van der Waals surface area contributed by atoms with Crippen molar-refractivity contribution in [3.05, 3.63) is 99.3 Å². The van der Waals surface area contributed by atoms with Crippen LogP contribution in [-0.2, 0) is 4.74 Å². The highest BCUT2D eigenvalue weighted by atomic mass is 19.1. The maximum absolute atomic E-state index is 15.2. The Morgan fingerprint density at radius 2 is 1.91 bits per heavy atom. The SMILES string of the molecule is COc1cc2c(Oc3ccc(N=Cc4c(O)n(-c5cccnc5)c(=O)[nH]c4=O)cc3F)ccnc2cc1OCCCN1CCOCC1. The first-order valence-corrected chi connectivity index (χ1v) is 14.8. The second-order valence-electron chi connectivity index (χ2n) is 10.5. The van der Waals surface area contributed by atoms with Gasteiger partial charge in [-0.05, 0) is 42.8 Å². The number of nitrogens with zero attached hydrogens (tertiary/aromatic N) is 5. The number of pyridine rings is 2. The van der Waals surface area contributed by atoms with Crippen LogP contribution >= 0.6 is 0 Å². The fourth-order valence-electron chi connectivity index (χ4n) is 5.08. The summed E-state index contributed by atoms with van der Waals surface area (Å²) >= 11 is 0. The fraction of sp³-hybridized carbons (Fsp3) is 0.242. The Morgan fingerprint density at radius 1 is 1.06 bits per heavy atom. The van der Waals surface area contributed by atoms with Crippen molar-refractivity contribution in [2.75, 3.05) is 46.6 Å². The monoisotopic (exact) mass is 642 g/mol. The number of nitrogens with one attached hydrogen (secondary N) is 1. The minimum atomic E-state index is -0.863. The van der Waals surface area contributed by atoms with E-state index in [1.807, 2.05) is 0 Å². The van der Waals surface area contributed by atoms with Crippen LogP contribution in [0.3, 0.4) is 0 Å². The first-order valence-electron chi connectivity index (χ1n) is 14.8. The number of fused-ring (bicyclic) bond motifs is 1. The predicted octanol–water partition coefficient (Wildman–Crippen LogP) is 3.97. The number of methoxy groups -OCH3 is 1. The first-order chi connectivity index (χ1) is 22.9. The van der Waals surface area contributed by atoms with Gasteiger partial charge in [-0.25, -0.2) is 13.8 Å². The average molecular weight is 643 g/mol. The Morgan fingerprint density at radius 3 is 2.68 bits per heavy atom. The van der Waals surface area contributed by atoms with Crippen LogP contribution < -0.4 is 25.5 Å². The van der Waals surface area contributed by atoms with E-state index in [2.05, 4.69) is 24.8 Å². The predicted molar refractivity (Wildman–Crippen MR) is 172 cm³/mol. The largest absolute Gasteiger partial charge is 0.493 e. The summed E-state index contributed by atoms with van der Waals surface area (Å²) in [7, 11) is 1.54. The highest BCUT2D eigenvalue weighted by molar-refractivity contribution is 5.88. The van der Waals surface area contributed by atoms with Gasteiger partial charge in [0.05, 0.1) is 50.0 Å². The van der Waals surface area contributed by atoms with E-state index >= 15 is 4.39 Å². The summed E-state index contributed by atoms with van der Waals surface area (Å²) in [6, 6.07) is 12.2. The van der Waals surface area contributed by atoms with Crippen LogP contribution in [0.4, 0.5) is 10.1 Å². The van der Waals surface area contributed by atoms with Crippen LogP contribution in [-0.4, -0.2) is 82.3 Å². The summed E-state index contributed by atoms with van der Waals surface area (Å²) in [6.07, 6.45) is 6.28. The molecule has 0 atom stereocenters. The third-order valence-electron chi connectivity index (χ3n) is 7.47. The number of H-pyrrole nitrogens is 1. The molecule has 3 aromatic heterocycles. The molecule has 0 saturated carbocycles. The number of ether oxygens (including phenoxy) is 4. The standard InChI is InChI=1S/C33H31FN6O7/c1-44-29-17-23-26(18-30(29)46-13-3-10-39-11-14-45-15-12-39)36-9-7-27(23)47-28-6-5-21(16-25(28)34)37-20-24-31(41)38-33(43)40(32(24)42)22-4-2-8-35-19-22/h2,4-9,16-20,42H,3,10-15H2,1H3,(H,38,41,43). The van der Waals surface area contributed by atoms with Crippen molar-refractivity contribution < 1.29 is 28.4 Å². The number of aliphatic imine (C=N–C) groups is 1. The second kappa shape index (κ2) is 14.2. The zero-order valence-corrected chi connectivity index (χ0v) is 25.4. The van der Waals surface area contributed by atoms with Crippen molar-refractivity contribution in [3.8, 4) is 34.6 Å². The Bertz CT molecular complexity index is 2030. The number of halogens is 1. The smallest absolute Gasteiger partial charge is 0.335 e. The van der Waals surface area contributed by atoms with Gasteiger partial charge in [0.25, 0.3) is 5.56 Å². The number of aromatic hydroxyl groups is 1. The molecule has 6 rings (SSSR count). The van der Waals surface area contributed by atoms with Gasteiger partial charge in [0.15, 0.2) is 23.1 Å². The molecule has 0 unspecified atom stereocenters. The highest BCUT2D eigenvalue weighted by Crippen LogP contribution is 2.38. The molecular formula is C33H31FN6O7. The van der Waals surface area contributed by atoms with Crippen LogP contribution in [0, 0.1) is 5.82 Å². The van der Waals surface area contributed by atoms with E-state index < -0.39 is 22.9 Å². The molecule has 5 aromatic rings. The van der Waals surface area contributed by atoms with E-state index in [4.69, 9.17) is 18.9 Å². The van der Waals surface area contributed by atoms with E-state index in [1.54, 1.807) is 37.6 Å². The van der Waals surface area contributed by atoms with Gasteiger partial charge in [0.1, 0.15) is 11.3 Å². The number of aromatic nitrogens is 4. The number of hydrogen-bond donors (Lipinski definition) is 2. The van der Waals surface area contributed by atoms with Crippen molar-refractivity contribution in [1.29, 1.82) is 0 Å². The first kappa shape index (κ1) is 31.4. The lowest BCUT2D eigenvalue weighted by Crippen LogP contribution is -2.37. The second-order valence-corrected chi connectivity index (χ2v) is 10.5. The van der Waals surface area contributed by atoms with E-state index in [0.29, 0.717) is 34.8 Å². The van der Waals surface area contributed by atoms with Crippen molar-refractivity contribution in [2.45, 2.75) is 6.42 Å². The summed E-state index contributed by atoms with van der Waals surface area (Å²) in [5.74, 6) is -0.0745. The molecule has 13 nitrogen and oxygen atoms in total. The van der Waals surface area contributed by atoms with Crippen LogP contribution in [0.15, 0.2) is 81.7 Å². The van der Waals surface area contributed by atoms with Crippen LogP contribution in [0.2, 0.25) is 0 Å². The molecule has 0 radical (unpaired) electrons. The maximum atomic E-state index is 15.2. The molecule has 4 heterocycles. The van der Waals surface area contributed by atoms with E-state index in [9.17, 15) is 14.7 Å². The normalized spacial score (nSPS) is 13.7. The summed E-state index contributed by atoms with van der Waals surface area (Å²) in [4.78, 5) is 41.7. The van der Waals surface area contributed by atoms with E-state index in [0.717, 1.165) is 56.1 Å². The summed E-state index contributed by atoms with van der Waals surface area (Å²) < 4.78 is 39.1. The minimum Gasteiger partial charge on any atom is -0.493 e. The number of morpholine rings is 1. The molecule has 0 spiro atoms. The third-order valence-corrected chi connectivity index (χ3v) is 7.47. The fourth-order valence-corrected chi connectivity index (χ4v) is 5.08. The molecule has 1 aliphatic heterocycles. The molecule has 2 aromatic carbocycles. The Kier molecular flexibility index (Phi) is 9.50. The number of benzene rings is 2. The Hall–Kier alpha value is -5.60. The van der Waals surface area contributed by atoms with Gasteiger partial charge in [0, 0.05) is 55.8 Å². The summed E-state index contributed by atoms with van der Waals surface area (Å²) in [6.45, 7) is 4.74. The lowest BCUT2D eigenvalue weighted by atomic mass is 10.1. The highest BCUT2D eigenvalue weighted by Gasteiger charge is 2.16. The van der Waals surface area contributed by atoms with Crippen molar-refractivity contribution in [1.82, 2.24) is 24.4 Å². The van der Waals surface area contributed by atoms with Gasteiger partial charge in [-0.15, -0.1) is 0 Å². The van der Waals surface area contributed by atoms with Crippen molar-refractivity contribution >= 4 is 22.8 Å². The molecule has 0 aliphatic carbocycles. The molecule has 14 heteroatoms. The zero-order chi connectivity index (χ0) is 32.8. The van der Waals surface area contributed by atoms with Gasteiger partial charge < -0.3 is 24.1 Å². The molecule has 1 saturated heterocycles. The number of aromatic amines is 1. The van der Waals surface area contributed by atoms with Crippen LogP contribution in [0.25, 0.3) is 16.6 Å². The van der Waals surface area contributed by atoms with Gasteiger partial charge >= 0.3 is 5.69 Å². The number of rotatable bonds is 11. The third kappa shape index (κ3) is 7.13. The molecule has 1 aliphatic rings. The molecule has 0 amide bonds. The van der Waals surface area contributed by atoms with Crippen LogP contribution in [0.5, 0.6) is 28.9 Å². The van der Waals surface area contributed by atoms with E-state index in [-0.39, 0.29) is 22.7 Å². The topological polar surface area (TPSA) is 153 Å².